The monoisotopic (exact) mass is 353 g/mol. The van der Waals surface area contributed by atoms with Crippen molar-refractivity contribution in [3.05, 3.63) is 29.3 Å². The number of carbonyl (C=O) groups excluding carboxylic acids is 1. The third-order valence-corrected chi connectivity index (χ3v) is 6.50. The van der Waals surface area contributed by atoms with Crippen LogP contribution in [0.3, 0.4) is 0 Å². The average Bonchev–Trinajstić information content (AvgIpc) is 2.55. The molecule has 0 bridgehead atoms. The molecular weight excluding hydrogens is 326 g/mol. The fourth-order valence-electron chi connectivity index (χ4n) is 3.06. The maximum absolute atomic E-state index is 13.1. The van der Waals surface area contributed by atoms with E-state index in [1.807, 2.05) is 26.0 Å². The second-order valence-electron chi connectivity index (χ2n) is 6.38. The van der Waals surface area contributed by atoms with Crippen molar-refractivity contribution in [3.63, 3.8) is 0 Å². The molecule has 0 aromatic heterocycles. The Morgan fingerprint density at radius 2 is 2.08 bits per heavy atom. The molecule has 6 nitrogen and oxygen atoms in total. The molecule has 1 heterocycles. The average molecular weight is 353 g/mol. The summed E-state index contributed by atoms with van der Waals surface area (Å²) in [6.07, 6.45) is 2.83. The van der Waals surface area contributed by atoms with Crippen LogP contribution in [0.25, 0.3) is 0 Å². The molecule has 0 radical (unpaired) electrons. The van der Waals surface area contributed by atoms with E-state index < -0.39 is 10.0 Å². The molecule has 3 N–H and O–H groups in total. The number of amides is 1. The molecule has 1 aromatic carbocycles. The minimum atomic E-state index is -3.57. The van der Waals surface area contributed by atoms with Crippen LogP contribution < -0.4 is 11.1 Å². The van der Waals surface area contributed by atoms with Crippen molar-refractivity contribution in [1.82, 2.24) is 9.62 Å². The van der Waals surface area contributed by atoms with Crippen LogP contribution in [0.4, 0.5) is 0 Å². The van der Waals surface area contributed by atoms with E-state index in [0.717, 1.165) is 30.4 Å². The molecule has 1 atom stereocenters. The van der Waals surface area contributed by atoms with Gasteiger partial charge >= 0.3 is 0 Å². The first-order valence-corrected chi connectivity index (χ1v) is 9.86. The molecule has 1 aromatic rings. The summed E-state index contributed by atoms with van der Waals surface area (Å²) in [6, 6.07) is 5.27. The molecule has 7 heteroatoms. The van der Waals surface area contributed by atoms with Gasteiger partial charge in [0.1, 0.15) is 0 Å². The van der Waals surface area contributed by atoms with Crippen molar-refractivity contribution in [3.8, 4) is 0 Å². The lowest BCUT2D eigenvalue weighted by atomic mass is 10.1. The highest BCUT2D eigenvalue weighted by atomic mass is 32.2. The predicted octanol–water partition coefficient (Wildman–Crippen LogP) is 1.31. The van der Waals surface area contributed by atoms with Gasteiger partial charge in [0.15, 0.2) is 0 Å². The Morgan fingerprint density at radius 3 is 2.79 bits per heavy atom. The van der Waals surface area contributed by atoms with Gasteiger partial charge in [0.2, 0.25) is 15.9 Å². The van der Waals surface area contributed by atoms with Crippen LogP contribution in [0.5, 0.6) is 0 Å². The van der Waals surface area contributed by atoms with Gasteiger partial charge in [-0.3, -0.25) is 4.79 Å². The molecule has 0 spiro atoms. The zero-order valence-corrected chi connectivity index (χ0v) is 15.2. The number of rotatable bonds is 6. The first kappa shape index (κ1) is 18.9. The largest absolute Gasteiger partial charge is 0.354 e. The van der Waals surface area contributed by atoms with Gasteiger partial charge < -0.3 is 11.1 Å². The standard InChI is InChI=1S/C17H27N3O3S/c1-13-6-7-14(2)16(11-13)24(22,23)20-10-4-3-5-15(20)12-19-17(21)8-9-18/h6-7,11,15H,3-5,8-10,12,18H2,1-2H3,(H,19,21). The lowest BCUT2D eigenvalue weighted by Gasteiger charge is -2.35. The Kier molecular flexibility index (Phi) is 6.37. The number of nitrogens with one attached hydrogen (secondary N) is 1. The van der Waals surface area contributed by atoms with Crippen molar-refractivity contribution < 1.29 is 13.2 Å². The summed E-state index contributed by atoms with van der Waals surface area (Å²) in [4.78, 5) is 12.0. The summed E-state index contributed by atoms with van der Waals surface area (Å²) >= 11 is 0. The predicted molar refractivity (Wildman–Crippen MR) is 94.1 cm³/mol. The molecule has 1 amide bonds. The minimum Gasteiger partial charge on any atom is -0.354 e. The van der Waals surface area contributed by atoms with Crippen molar-refractivity contribution in [1.29, 1.82) is 0 Å². The number of nitrogens with zero attached hydrogens (tertiary/aromatic N) is 1. The second-order valence-corrected chi connectivity index (χ2v) is 8.24. The molecule has 1 saturated heterocycles. The number of hydrogen-bond donors (Lipinski definition) is 2. The molecule has 0 saturated carbocycles. The van der Waals surface area contributed by atoms with Crippen molar-refractivity contribution in [2.24, 2.45) is 5.73 Å². The quantitative estimate of drug-likeness (QED) is 0.806. The lowest BCUT2D eigenvalue weighted by Crippen LogP contribution is -2.49. The Labute approximate surface area is 144 Å². The maximum Gasteiger partial charge on any atom is 0.243 e. The fourth-order valence-corrected chi connectivity index (χ4v) is 5.06. The number of aryl methyl sites for hydroxylation is 2. The molecule has 1 aliphatic rings. The van der Waals surface area contributed by atoms with Crippen LogP contribution in [-0.2, 0) is 14.8 Å². The first-order chi connectivity index (χ1) is 11.4. The van der Waals surface area contributed by atoms with Gasteiger partial charge in [-0.2, -0.15) is 4.31 Å². The Morgan fingerprint density at radius 1 is 1.33 bits per heavy atom. The number of hydrogen-bond acceptors (Lipinski definition) is 4. The molecule has 1 fully saturated rings. The number of benzene rings is 1. The Hall–Kier alpha value is -1.44. The van der Waals surface area contributed by atoms with E-state index in [2.05, 4.69) is 5.32 Å². The van der Waals surface area contributed by atoms with E-state index in [1.165, 1.54) is 0 Å². The third kappa shape index (κ3) is 4.34. The summed E-state index contributed by atoms with van der Waals surface area (Å²) in [5.74, 6) is -0.132. The van der Waals surface area contributed by atoms with Gasteiger partial charge in [0, 0.05) is 32.1 Å². The zero-order valence-electron chi connectivity index (χ0n) is 14.4. The molecular formula is C17H27N3O3S. The lowest BCUT2D eigenvalue weighted by molar-refractivity contribution is -0.121. The van der Waals surface area contributed by atoms with E-state index >= 15 is 0 Å². The highest BCUT2D eigenvalue weighted by Gasteiger charge is 2.34. The summed E-state index contributed by atoms with van der Waals surface area (Å²) < 4.78 is 27.8. The van der Waals surface area contributed by atoms with Gasteiger partial charge in [0.25, 0.3) is 0 Å². The second kappa shape index (κ2) is 8.09. The van der Waals surface area contributed by atoms with Crippen molar-refractivity contribution in [2.45, 2.75) is 50.5 Å². The van der Waals surface area contributed by atoms with Gasteiger partial charge in [-0.15, -0.1) is 0 Å². The topological polar surface area (TPSA) is 92.5 Å². The van der Waals surface area contributed by atoms with Crippen molar-refractivity contribution >= 4 is 15.9 Å². The first-order valence-electron chi connectivity index (χ1n) is 8.42. The zero-order chi connectivity index (χ0) is 17.7. The van der Waals surface area contributed by atoms with Crippen LogP contribution in [-0.4, -0.2) is 44.3 Å². The van der Waals surface area contributed by atoms with Crippen LogP contribution in [0.2, 0.25) is 0 Å². The smallest absolute Gasteiger partial charge is 0.243 e. The van der Waals surface area contributed by atoms with E-state index in [1.54, 1.807) is 10.4 Å². The Balaban J connectivity index is 2.22. The van der Waals surface area contributed by atoms with Crippen LogP contribution >= 0.6 is 0 Å². The summed E-state index contributed by atoms with van der Waals surface area (Å²) in [5.41, 5.74) is 7.04. The number of carbonyl (C=O) groups is 1. The Bertz CT molecular complexity index is 688. The van der Waals surface area contributed by atoms with E-state index in [-0.39, 0.29) is 18.4 Å². The summed E-state index contributed by atoms with van der Waals surface area (Å²) in [6.45, 7) is 4.82. The highest BCUT2D eigenvalue weighted by molar-refractivity contribution is 7.89. The van der Waals surface area contributed by atoms with Gasteiger partial charge in [-0.25, -0.2) is 8.42 Å². The third-order valence-electron chi connectivity index (χ3n) is 4.41. The van der Waals surface area contributed by atoms with Crippen LogP contribution in [0.15, 0.2) is 23.1 Å². The highest BCUT2D eigenvalue weighted by Crippen LogP contribution is 2.27. The van der Waals surface area contributed by atoms with E-state index in [0.29, 0.717) is 24.5 Å². The van der Waals surface area contributed by atoms with Gasteiger partial charge in [-0.05, 0) is 43.9 Å². The molecule has 0 aliphatic carbocycles. The number of nitrogens with two attached hydrogens (primary N) is 1. The van der Waals surface area contributed by atoms with E-state index in [9.17, 15) is 13.2 Å². The SMILES string of the molecule is Cc1ccc(C)c(S(=O)(=O)N2CCCCC2CNC(=O)CCN)c1. The van der Waals surface area contributed by atoms with Crippen molar-refractivity contribution in [2.75, 3.05) is 19.6 Å². The molecule has 134 valence electrons. The van der Waals surface area contributed by atoms with E-state index in [4.69, 9.17) is 5.73 Å². The molecule has 1 aliphatic heterocycles. The molecule has 2 rings (SSSR count). The number of sulfonamides is 1. The number of piperidine rings is 1. The molecule has 1 unspecified atom stereocenters. The summed E-state index contributed by atoms with van der Waals surface area (Å²) in [7, 11) is -3.57. The minimum absolute atomic E-state index is 0.132. The van der Waals surface area contributed by atoms with Crippen LogP contribution in [0.1, 0.15) is 36.8 Å². The van der Waals surface area contributed by atoms with Gasteiger partial charge in [0.05, 0.1) is 4.90 Å². The van der Waals surface area contributed by atoms with Crippen LogP contribution in [0, 0.1) is 13.8 Å². The van der Waals surface area contributed by atoms with Gasteiger partial charge in [-0.1, -0.05) is 18.6 Å². The maximum atomic E-state index is 13.1. The molecule has 24 heavy (non-hydrogen) atoms. The summed E-state index contributed by atoms with van der Waals surface area (Å²) in [5, 5.41) is 2.81. The fraction of sp³-hybridized carbons (Fsp3) is 0.588. The normalized spacial score (nSPS) is 19.2.